The van der Waals surface area contributed by atoms with E-state index in [9.17, 15) is 9.18 Å². The molecule has 7 heteroatoms. The Bertz CT molecular complexity index is 758. The third kappa shape index (κ3) is 5.57. The number of rotatable bonds is 7. The van der Waals surface area contributed by atoms with Crippen LogP contribution in [0, 0.1) is 5.82 Å². The molecule has 1 fully saturated rings. The number of likely N-dealkylation sites (N-methyl/N-ethyl adjacent to an activating group) is 1. The highest BCUT2D eigenvalue weighted by Crippen LogP contribution is 2.26. The van der Waals surface area contributed by atoms with Crippen LogP contribution in [0.4, 0.5) is 4.39 Å². The number of nitrogens with one attached hydrogen (secondary N) is 1. The van der Waals surface area contributed by atoms with E-state index >= 15 is 0 Å². The first kappa shape index (κ1) is 19.9. The van der Waals surface area contributed by atoms with Gasteiger partial charge in [-0.05, 0) is 25.6 Å². The highest BCUT2D eigenvalue weighted by Gasteiger charge is 2.19. The summed E-state index contributed by atoms with van der Waals surface area (Å²) < 4.78 is 13.9. The molecule has 1 aromatic carbocycles. The van der Waals surface area contributed by atoms with Crippen molar-refractivity contribution in [1.82, 2.24) is 20.1 Å². The summed E-state index contributed by atoms with van der Waals surface area (Å²) in [6, 6.07) is 6.72. The lowest BCUT2D eigenvalue weighted by Crippen LogP contribution is -2.50. The number of halogens is 1. The van der Waals surface area contributed by atoms with Gasteiger partial charge < -0.3 is 10.2 Å². The lowest BCUT2D eigenvalue weighted by Gasteiger charge is -2.34. The third-order valence-electron chi connectivity index (χ3n) is 4.93. The molecule has 0 aliphatic carbocycles. The molecule has 1 saturated heterocycles. The topological polar surface area (TPSA) is 48.5 Å². The maximum absolute atomic E-state index is 13.9. The quantitative estimate of drug-likeness (QED) is 0.790. The highest BCUT2D eigenvalue weighted by atomic mass is 32.1. The predicted molar refractivity (Wildman–Crippen MR) is 107 cm³/mol. The van der Waals surface area contributed by atoms with E-state index in [0.717, 1.165) is 39.1 Å². The minimum Gasteiger partial charge on any atom is -0.352 e. The van der Waals surface area contributed by atoms with Gasteiger partial charge in [-0.15, -0.1) is 11.3 Å². The van der Waals surface area contributed by atoms with Gasteiger partial charge in [0.15, 0.2) is 0 Å². The average molecular weight is 391 g/mol. The highest BCUT2D eigenvalue weighted by molar-refractivity contribution is 7.13. The monoisotopic (exact) mass is 390 g/mol. The van der Waals surface area contributed by atoms with Crippen LogP contribution >= 0.6 is 11.3 Å². The van der Waals surface area contributed by atoms with Gasteiger partial charge in [0.05, 0.1) is 12.1 Å². The molecule has 5 nitrogen and oxygen atoms in total. The van der Waals surface area contributed by atoms with Crippen molar-refractivity contribution in [2.24, 2.45) is 0 Å². The van der Waals surface area contributed by atoms with Gasteiger partial charge in [0, 0.05) is 49.7 Å². The maximum atomic E-state index is 13.9. The van der Waals surface area contributed by atoms with Crippen LogP contribution in [0.2, 0.25) is 0 Å². The van der Waals surface area contributed by atoms with E-state index in [2.05, 4.69) is 34.1 Å². The van der Waals surface area contributed by atoms with Crippen molar-refractivity contribution >= 4 is 17.2 Å². The molecular formula is C20H27FN4OS. The molecule has 1 aromatic heterocycles. The number of carbonyl (C=O) groups is 1. The second-order valence-corrected chi connectivity index (χ2v) is 7.94. The predicted octanol–water partition coefficient (Wildman–Crippen LogP) is 2.63. The van der Waals surface area contributed by atoms with Gasteiger partial charge in [-0.3, -0.25) is 9.69 Å². The molecule has 1 amide bonds. The van der Waals surface area contributed by atoms with Gasteiger partial charge in [0.2, 0.25) is 5.91 Å². The standard InChI is InChI=1S/C20H27FN4OS/c1-3-15(13-25-10-8-24(2)9-11-25)22-19(26)12-16-14-27-20(23-16)17-6-4-5-7-18(17)21/h4-7,14-15H,3,8-13H2,1-2H3,(H,22,26)/t15-/m0/s1. The fourth-order valence-electron chi connectivity index (χ4n) is 3.21. The Kier molecular flexibility index (Phi) is 6.93. The molecule has 146 valence electrons. The van der Waals surface area contributed by atoms with Gasteiger partial charge in [0.25, 0.3) is 0 Å². The molecule has 3 rings (SSSR count). The SMILES string of the molecule is CC[C@@H](CN1CCN(C)CC1)NC(=O)Cc1csc(-c2ccccc2F)n1. The summed E-state index contributed by atoms with van der Waals surface area (Å²) in [5.74, 6) is -0.317. The summed E-state index contributed by atoms with van der Waals surface area (Å²) in [4.78, 5) is 21.6. The number of benzene rings is 1. The molecule has 1 atom stereocenters. The molecule has 1 N–H and O–H groups in total. The molecule has 1 aliphatic heterocycles. The van der Waals surface area contributed by atoms with Crippen molar-refractivity contribution < 1.29 is 9.18 Å². The van der Waals surface area contributed by atoms with Gasteiger partial charge in [-0.25, -0.2) is 9.37 Å². The van der Waals surface area contributed by atoms with Crippen molar-refractivity contribution in [3.63, 3.8) is 0 Å². The van der Waals surface area contributed by atoms with Crippen molar-refractivity contribution in [3.8, 4) is 10.6 Å². The number of nitrogens with zero attached hydrogens (tertiary/aromatic N) is 3. The average Bonchev–Trinajstić information content (AvgIpc) is 3.11. The van der Waals surface area contributed by atoms with E-state index in [4.69, 9.17) is 0 Å². The van der Waals surface area contributed by atoms with Crippen molar-refractivity contribution in [3.05, 3.63) is 41.2 Å². The van der Waals surface area contributed by atoms with Crippen molar-refractivity contribution in [1.29, 1.82) is 0 Å². The summed E-state index contributed by atoms with van der Waals surface area (Å²) in [5, 5.41) is 5.58. The van der Waals surface area contributed by atoms with Crippen LogP contribution in [-0.4, -0.2) is 66.5 Å². The molecule has 0 saturated carbocycles. The van der Waals surface area contributed by atoms with Crippen LogP contribution in [0.25, 0.3) is 10.6 Å². The molecule has 0 spiro atoms. The van der Waals surface area contributed by atoms with E-state index in [0.29, 0.717) is 16.3 Å². The van der Waals surface area contributed by atoms with Crippen LogP contribution in [0.5, 0.6) is 0 Å². The largest absolute Gasteiger partial charge is 0.352 e. The maximum Gasteiger partial charge on any atom is 0.226 e. The first-order valence-electron chi connectivity index (χ1n) is 9.44. The number of piperazine rings is 1. The summed E-state index contributed by atoms with van der Waals surface area (Å²) in [6.07, 6.45) is 1.12. The van der Waals surface area contributed by atoms with E-state index in [1.807, 2.05) is 5.38 Å². The zero-order chi connectivity index (χ0) is 19.2. The second kappa shape index (κ2) is 9.39. The summed E-state index contributed by atoms with van der Waals surface area (Å²) in [7, 11) is 2.14. The number of amides is 1. The van der Waals surface area contributed by atoms with Crippen molar-refractivity contribution in [2.45, 2.75) is 25.8 Å². The normalized spacial score (nSPS) is 17.0. The number of aromatic nitrogens is 1. The molecule has 2 aromatic rings. The third-order valence-corrected chi connectivity index (χ3v) is 5.85. The fourth-order valence-corrected chi connectivity index (χ4v) is 4.05. The van der Waals surface area contributed by atoms with Crippen molar-refractivity contribution in [2.75, 3.05) is 39.8 Å². The van der Waals surface area contributed by atoms with Crippen LogP contribution < -0.4 is 5.32 Å². The van der Waals surface area contributed by atoms with Gasteiger partial charge in [-0.1, -0.05) is 19.1 Å². The fraction of sp³-hybridized carbons (Fsp3) is 0.500. The Morgan fingerprint density at radius 2 is 2.04 bits per heavy atom. The molecule has 0 unspecified atom stereocenters. The molecule has 2 heterocycles. The second-order valence-electron chi connectivity index (χ2n) is 7.08. The minimum atomic E-state index is -0.291. The molecule has 0 radical (unpaired) electrons. The van der Waals surface area contributed by atoms with Crippen LogP contribution in [0.15, 0.2) is 29.6 Å². The number of hydrogen-bond donors (Lipinski definition) is 1. The Balaban J connectivity index is 1.53. The first-order chi connectivity index (χ1) is 13.0. The van der Waals surface area contributed by atoms with E-state index < -0.39 is 0 Å². The molecular weight excluding hydrogens is 363 g/mol. The Labute approximate surface area is 164 Å². The Hall–Kier alpha value is -1.83. The van der Waals surface area contributed by atoms with Gasteiger partial charge in [0.1, 0.15) is 10.8 Å². The molecule has 27 heavy (non-hydrogen) atoms. The van der Waals surface area contributed by atoms with E-state index in [-0.39, 0.29) is 24.2 Å². The Morgan fingerprint density at radius 1 is 1.30 bits per heavy atom. The first-order valence-corrected chi connectivity index (χ1v) is 10.3. The van der Waals surface area contributed by atoms with E-state index in [1.54, 1.807) is 18.2 Å². The summed E-state index contributed by atoms with van der Waals surface area (Å²) >= 11 is 1.37. The minimum absolute atomic E-state index is 0.0265. The van der Waals surface area contributed by atoms with Crippen LogP contribution in [0.1, 0.15) is 19.0 Å². The Morgan fingerprint density at radius 3 is 2.74 bits per heavy atom. The van der Waals surface area contributed by atoms with Crippen LogP contribution in [-0.2, 0) is 11.2 Å². The number of carbonyl (C=O) groups excluding carboxylic acids is 1. The molecule has 1 aliphatic rings. The lowest BCUT2D eigenvalue weighted by molar-refractivity contribution is -0.121. The lowest BCUT2D eigenvalue weighted by atomic mass is 10.1. The van der Waals surface area contributed by atoms with E-state index in [1.165, 1.54) is 17.4 Å². The van der Waals surface area contributed by atoms with Gasteiger partial charge in [-0.2, -0.15) is 0 Å². The number of thiazole rings is 1. The number of hydrogen-bond acceptors (Lipinski definition) is 5. The summed E-state index contributed by atoms with van der Waals surface area (Å²) in [6.45, 7) is 7.21. The van der Waals surface area contributed by atoms with Gasteiger partial charge >= 0.3 is 0 Å². The van der Waals surface area contributed by atoms with Crippen LogP contribution in [0.3, 0.4) is 0 Å². The zero-order valence-electron chi connectivity index (χ0n) is 15.9. The zero-order valence-corrected chi connectivity index (χ0v) is 16.8. The molecule has 0 bridgehead atoms. The summed E-state index contributed by atoms with van der Waals surface area (Å²) in [5.41, 5.74) is 1.17. The smallest absolute Gasteiger partial charge is 0.226 e.